The van der Waals surface area contributed by atoms with E-state index in [4.69, 9.17) is 4.74 Å². The smallest absolute Gasteiger partial charge is 0.373 e. The molecule has 5 heteroatoms. The van der Waals surface area contributed by atoms with Crippen molar-refractivity contribution in [3.05, 3.63) is 35.7 Å². The molecule has 1 aromatic rings. The second-order valence-electron chi connectivity index (χ2n) is 2.76. The Hall–Kier alpha value is -1.16. The maximum atomic E-state index is 12.7. The first-order chi connectivity index (χ1) is 6.93. The van der Waals surface area contributed by atoms with Crippen LogP contribution >= 0.6 is 11.6 Å². The van der Waals surface area contributed by atoms with Crippen LogP contribution in [-0.2, 0) is 0 Å². The predicted octanol–water partition coefficient (Wildman–Crippen LogP) is 3.84. The molecule has 0 aliphatic heterocycles. The summed E-state index contributed by atoms with van der Waals surface area (Å²) in [5.41, 5.74) is 0.286. The number of rotatable bonds is 3. The molecule has 0 aromatic heterocycles. The van der Waals surface area contributed by atoms with Gasteiger partial charge in [-0.05, 0) is 35.4 Å². The molecule has 0 aliphatic rings. The van der Waals surface area contributed by atoms with Crippen LogP contribution in [0.1, 0.15) is 5.56 Å². The highest BCUT2D eigenvalue weighted by Crippen LogP contribution is 2.31. The summed E-state index contributed by atoms with van der Waals surface area (Å²) in [6.45, 7) is 0. The first-order valence-corrected chi connectivity index (χ1v) is 4.39. The van der Waals surface area contributed by atoms with Gasteiger partial charge in [-0.15, -0.1) is 0 Å². The van der Waals surface area contributed by atoms with Crippen molar-refractivity contribution >= 4 is 17.7 Å². The van der Waals surface area contributed by atoms with Gasteiger partial charge in [0.2, 0.25) is 0 Å². The van der Waals surface area contributed by atoms with Crippen LogP contribution in [0.25, 0.3) is 6.08 Å². The number of ether oxygens (including phenoxy) is 1. The Balaban J connectivity index is 2.89. The van der Waals surface area contributed by atoms with Gasteiger partial charge in [-0.2, -0.15) is 8.78 Å². The van der Waals surface area contributed by atoms with Gasteiger partial charge in [0.25, 0.3) is 0 Å². The third kappa shape index (κ3) is 3.47. The number of benzene rings is 1. The second-order valence-corrected chi connectivity index (χ2v) is 3.24. The summed E-state index contributed by atoms with van der Waals surface area (Å²) in [4.78, 5) is 0. The Morgan fingerprint density at radius 2 is 1.87 bits per heavy atom. The fourth-order valence-corrected chi connectivity index (χ4v) is 0.983. The Morgan fingerprint density at radius 1 is 1.33 bits per heavy atom. The first-order valence-electron chi connectivity index (χ1n) is 4.02. The molecule has 0 aliphatic carbocycles. The van der Waals surface area contributed by atoms with Crippen LogP contribution < -0.4 is 4.74 Å². The van der Waals surface area contributed by atoms with Crippen molar-refractivity contribution < 1.29 is 17.9 Å². The molecule has 0 saturated heterocycles. The summed E-state index contributed by atoms with van der Waals surface area (Å²) < 4.78 is 42.1. The van der Waals surface area contributed by atoms with Gasteiger partial charge in [0.15, 0.2) is 5.83 Å². The minimum Gasteiger partial charge on any atom is -0.497 e. The van der Waals surface area contributed by atoms with E-state index in [2.05, 4.69) is 11.6 Å². The van der Waals surface area contributed by atoms with E-state index in [1.54, 1.807) is 0 Å². The van der Waals surface area contributed by atoms with Crippen LogP contribution in [-0.4, -0.2) is 12.5 Å². The molecule has 0 atom stereocenters. The largest absolute Gasteiger partial charge is 0.497 e. The van der Waals surface area contributed by atoms with Crippen molar-refractivity contribution in [1.29, 1.82) is 0 Å². The summed E-state index contributed by atoms with van der Waals surface area (Å²) in [5, 5.41) is -3.96. The summed E-state index contributed by atoms with van der Waals surface area (Å²) in [5.74, 6) is -1.13. The maximum Gasteiger partial charge on any atom is 0.373 e. The fraction of sp³-hybridized carbons (Fsp3) is 0.200. The van der Waals surface area contributed by atoms with Gasteiger partial charge in [0.05, 0.1) is 7.11 Å². The molecular weight excluding hydrogens is 229 g/mol. The highest BCUT2D eigenvalue weighted by atomic mass is 35.5. The molecule has 1 nitrogen and oxygen atoms in total. The normalized spacial score (nSPS) is 12.7. The van der Waals surface area contributed by atoms with Gasteiger partial charge < -0.3 is 4.74 Å². The van der Waals surface area contributed by atoms with E-state index in [1.165, 1.54) is 31.4 Å². The first kappa shape index (κ1) is 11.9. The fourth-order valence-electron chi connectivity index (χ4n) is 0.928. The van der Waals surface area contributed by atoms with E-state index in [9.17, 15) is 13.2 Å². The Morgan fingerprint density at radius 3 is 2.27 bits per heavy atom. The highest BCUT2D eigenvalue weighted by Gasteiger charge is 2.31. The SMILES string of the molecule is COc1ccc(/C=C(/F)C(F)(F)Cl)cc1. The number of alkyl halides is 3. The summed E-state index contributed by atoms with van der Waals surface area (Å²) in [6.07, 6.45) is 0.673. The average molecular weight is 237 g/mol. The lowest BCUT2D eigenvalue weighted by atomic mass is 10.2. The molecule has 0 unspecified atom stereocenters. The predicted molar refractivity (Wildman–Crippen MR) is 52.9 cm³/mol. The van der Waals surface area contributed by atoms with Crippen molar-refractivity contribution in [3.63, 3.8) is 0 Å². The van der Waals surface area contributed by atoms with Crippen molar-refractivity contribution in [2.45, 2.75) is 5.38 Å². The van der Waals surface area contributed by atoms with Gasteiger partial charge >= 0.3 is 5.38 Å². The summed E-state index contributed by atoms with van der Waals surface area (Å²) in [6, 6.07) is 5.96. The van der Waals surface area contributed by atoms with Crippen LogP contribution in [0.3, 0.4) is 0 Å². The lowest BCUT2D eigenvalue weighted by Gasteiger charge is -2.04. The van der Waals surface area contributed by atoms with E-state index in [1.807, 2.05) is 0 Å². The summed E-state index contributed by atoms with van der Waals surface area (Å²) >= 11 is 4.49. The van der Waals surface area contributed by atoms with Crippen molar-refractivity contribution in [1.82, 2.24) is 0 Å². The molecule has 82 valence electrons. The number of halogens is 4. The Kier molecular flexibility index (Phi) is 3.63. The van der Waals surface area contributed by atoms with E-state index >= 15 is 0 Å². The highest BCUT2D eigenvalue weighted by molar-refractivity contribution is 6.23. The average Bonchev–Trinajstić information content (AvgIpc) is 2.17. The van der Waals surface area contributed by atoms with Crippen LogP contribution in [0, 0.1) is 0 Å². The topological polar surface area (TPSA) is 9.23 Å². The van der Waals surface area contributed by atoms with Crippen molar-refractivity contribution in [3.8, 4) is 5.75 Å². The Labute approximate surface area is 90.1 Å². The molecule has 1 aromatic carbocycles. The Bertz CT molecular complexity index is 354. The number of allylic oxidation sites excluding steroid dienone is 1. The van der Waals surface area contributed by atoms with Gasteiger partial charge in [-0.3, -0.25) is 0 Å². The number of hydrogen-bond donors (Lipinski definition) is 0. The zero-order valence-electron chi connectivity index (χ0n) is 7.81. The van der Waals surface area contributed by atoms with E-state index in [0.717, 1.165) is 0 Å². The van der Waals surface area contributed by atoms with E-state index in [0.29, 0.717) is 11.8 Å². The van der Waals surface area contributed by atoms with Crippen molar-refractivity contribution in [2.24, 2.45) is 0 Å². The number of methoxy groups -OCH3 is 1. The molecule has 0 heterocycles. The molecule has 0 radical (unpaired) electrons. The molecular formula is C10H8ClF3O. The van der Waals surface area contributed by atoms with E-state index in [-0.39, 0.29) is 5.56 Å². The third-order valence-corrected chi connectivity index (χ3v) is 1.86. The zero-order valence-corrected chi connectivity index (χ0v) is 8.56. The second kappa shape index (κ2) is 4.57. The van der Waals surface area contributed by atoms with Gasteiger partial charge in [-0.25, -0.2) is 4.39 Å². The van der Waals surface area contributed by atoms with Crippen LogP contribution in [0.15, 0.2) is 30.1 Å². The lowest BCUT2D eigenvalue weighted by molar-refractivity contribution is 0.112. The van der Waals surface area contributed by atoms with Crippen LogP contribution in [0.5, 0.6) is 5.75 Å². The molecule has 0 spiro atoms. The maximum absolute atomic E-state index is 12.7. The van der Waals surface area contributed by atoms with Gasteiger partial charge in [0.1, 0.15) is 5.75 Å². The molecule has 0 amide bonds. The molecule has 15 heavy (non-hydrogen) atoms. The standard InChI is InChI=1S/C10H8ClF3O/c1-15-8-4-2-7(3-5-8)6-9(12)10(11,13)14/h2-6H,1H3/b9-6+. The van der Waals surface area contributed by atoms with Crippen LogP contribution in [0.4, 0.5) is 13.2 Å². The minimum atomic E-state index is -3.96. The summed E-state index contributed by atoms with van der Waals surface area (Å²) in [7, 11) is 1.47. The molecule has 1 rings (SSSR count). The lowest BCUT2D eigenvalue weighted by Crippen LogP contribution is -2.05. The van der Waals surface area contributed by atoms with Gasteiger partial charge in [-0.1, -0.05) is 12.1 Å². The third-order valence-electron chi connectivity index (χ3n) is 1.68. The molecule has 0 saturated carbocycles. The van der Waals surface area contributed by atoms with Gasteiger partial charge in [0, 0.05) is 0 Å². The van der Waals surface area contributed by atoms with E-state index < -0.39 is 11.2 Å². The number of hydrogen-bond acceptors (Lipinski definition) is 1. The monoisotopic (exact) mass is 236 g/mol. The quantitative estimate of drug-likeness (QED) is 0.725. The minimum absolute atomic E-state index is 0.286. The van der Waals surface area contributed by atoms with Crippen molar-refractivity contribution in [2.75, 3.05) is 7.11 Å². The molecule has 0 N–H and O–H groups in total. The molecule has 0 fully saturated rings. The van der Waals surface area contributed by atoms with Crippen LogP contribution in [0.2, 0.25) is 0 Å². The molecule has 0 bridgehead atoms. The zero-order chi connectivity index (χ0) is 11.5.